The molecule has 0 unspecified atom stereocenters. The van der Waals surface area contributed by atoms with E-state index in [1.807, 2.05) is 10.3 Å². The summed E-state index contributed by atoms with van der Waals surface area (Å²) >= 11 is 1.53. The van der Waals surface area contributed by atoms with Gasteiger partial charge in [-0.25, -0.2) is 9.61 Å². The van der Waals surface area contributed by atoms with Crippen LogP contribution in [0.5, 0.6) is 0 Å². The molecular weight excluding hydrogens is 342 g/mol. The fraction of sp³-hybridized carbons (Fsp3) is 0.562. The van der Waals surface area contributed by atoms with Crippen LogP contribution in [0.2, 0.25) is 0 Å². The van der Waals surface area contributed by atoms with E-state index in [4.69, 9.17) is 0 Å². The SMILES string of the molecule is Cc1nonc1CC(=O)N1C[C@H]2CC[C@@H](C1)N(Cc1cscn1)C2=O. The molecule has 25 heavy (non-hydrogen) atoms. The Morgan fingerprint density at radius 2 is 2.24 bits per heavy atom. The average molecular weight is 361 g/mol. The molecule has 0 aromatic carbocycles. The summed E-state index contributed by atoms with van der Waals surface area (Å²) in [5.41, 5.74) is 3.88. The topological polar surface area (TPSA) is 92.4 Å². The van der Waals surface area contributed by atoms with Crippen LogP contribution < -0.4 is 0 Å². The Balaban J connectivity index is 1.49. The van der Waals surface area contributed by atoms with Gasteiger partial charge in [0.05, 0.1) is 30.1 Å². The van der Waals surface area contributed by atoms with Crippen LogP contribution in [0, 0.1) is 12.8 Å². The molecule has 0 aliphatic carbocycles. The van der Waals surface area contributed by atoms with Crippen LogP contribution in [-0.4, -0.2) is 56.0 Å². The van der Waals surface area contributed by atoms with Crippen molar-refractivity contribution in [3.8, 4) is 0 Å². The maximum atomic E-state index is 12.8. The van der Waals surface area contributed by atoms with Crippen molar-refractivity contribution in [3.05, 3.63) is 28.0 Å². The van der Waals surface area contributed by atoms with Crippen molar-refractivity contribution in [2.24, 2.45) is 5.92 Å². The van der Waals surface area contributed by atoms with Gasteiger partial charge in [0.25, 0.3) is 0 Å². The van der Waals surface area contributed by atoms with Crippen molar-refractivity contribution in [3.63, 3.8) is 0 Å². The lowest BCUT2D eigenvalue weighted by Crippen LogP contribution is -2.47. The molecule has 9 heteroatoms. The molecule has 132 valence electrons. The van der Waals surface area contributed by atoms with Gasteiger partial charge < -0.3 is 9.80 Å². The maximum Gasteiger partial charge on any atom is 0.228 e. The molecule has 2 bridgehead atoms. The Labute approximate surface area is 148 Å². The standard InChI is InChI=1S/C16H19N5O3S/c1-10-14(19-24-18-10)4-15(22)20-5-11-2-3-13(7-20)21(16(11)23)6-12-8-25-9-17-12/h8-9,11,13H,2-7H2,1H3/t11-,13+/m1/s1. The summed E-state index contributed by atoms with van der Waals surface area (Å²) in [6.07, 6.45) is 1.93. The second kappa shape index (κ2) is 6.55. The summed E-state index contributed by atoms with van der Waals surface area (Å²) in [6, 6.07) is 0.0495. The van der Waals surface area contributed by atoms with Gasteiger partial charge in [-0.3, -0.25) is 9.59 Å². The number of fused-ring (bicyclic) bond motifs is 4. The van der Waals surface area contributed by atoms with Crippen molar-refractivity contribution in [1.82, 2.24) is 25.1 Å². The molecule has 5 rings (SSSR count). The molecule has 2 atom stereocenters. The van der Waals surface area contributed by atoms with Crippen molar-refractivity contribution >= 4 is 23.2 Å². The number of hydrogen-bond donors (Lipinski definition) is 0. The minimum Gasteiger partial charge on any atom is -0.339 e. The Morgan fingerprint density at radius 1 is 1.36 bits per heavy atom. The fourth-order valence-electron chi connectivity index (χ4n) is 3.61. The van der Waals surface area contributed by atoms with Crippen LogP contribution in [0.3, 0.4) is 0 Å². The van der Waals surface area contributed by atoms with Crippen molar-refractivity contribution < 1.29 is 14.2 Å². The third-order valence-electron chi connectivity index (χ3n) is 5.03. The number of thiazole rings is 1. The second-order valence-corrected chi connectivity index (χ2v) is 7.36. The molecule has 2 amide bonds. The molecule has 0 radical (unpaired) electrons. The highest BCUT2D eigenvalue weighted by molar-refractivity contribution is 7.07. The third kappa shape index (κ3) is 3.15. The summed E-state index contributed by atoms with van der Waals surface area (Å²) in [6.45, 7) is 3.34. The molecule has 3 saturated heterocycles. The zero-order valence-corrected chi connectivity index (χ0v) is 14.7. The van der Waals surface area contributed by atoms with Crippen LogP contribution in [0.1, 0.15) is 29.9 Å². The maximum absolute atomic E-state index is 12.8. The van der Waals surface area contributed by atoms with Gasteiger partial charge in [0.1, 0.15) is 11.4 Å². The molecule has 3 aliphatic rings. The first kappa shape index (κ1) is 16.2. The normalized spacial score (nSPS) is 23.2. The molecule has 2 aromatic heterocycles. The number of aromatic nitrogens is 3. The molecular formula is C16H19N5O3S. The quantitative estimate of drug-likeness (QED) is 0.807. The lowest BCUT2D eigenvalue weighted by molar-refractivity contribution is -0.140. The van der Waals surface area contributed by atoms with Crippen LogP contribution in [0.25, 0.3) is 0 Å². The number of hydrogen-bond acceptors (Lipinski definition) is 7. The zero-order valence-electron chi connectivity index (χ0n) is 13.9. The number of carbonyl (C=O) groups is 2. The summed E-state index contributed by atoms with van der Waals surface area (Å²) < 4.78 is 4.67. The van der Waals surface area contributed by atoms with E-state index in [0.29, 0.717) is 31.0 Å². The molecule has 2 aromatic rings. The molecule has 0 N–H and O–H groups in total. The van der Waals surface area contributed by atoms with Crippen molar-refractivity contribution in [2.75, 3.05) is 13.1 Å². The Morgan fingerprint density at radius 3 is 2.96 bits per heavy atom. The van der Waals surface area contributed by atoms with E-state index in [2.05, 4.69) is 19.9 Å². The smallest absolute Gasteiger partial charge is 0.228 e. The van der Waals surface area contributed by atoms with E-state index in [9.17, 15) is 9.59 Å². The van der Waals surface area contributed by atoms with Gasteiger partial charge in [-0.15, -0.1) is 11.3 Å². The first-order valence-corrected chi connectivity index (χ1v) is 9.29. The van der Waals surface area contributed by atoms with Gasteiger partial charge in [-0.05, 0) is 19.8 Å². The van der Waals surface area contributed by atoms with Gasteiger partial charge >= 0.3 is 0 Å². The molecule has 3 fully saturated rings. The zero-order chi connectivity index (χ0) is 17.4. The number of aryl methyl sites for hydroxylation is 1. The van der Waals surface area contributed by atoms with E-state index in [-0.39, 0.29) is 30.2 Å². The lowest BCUT2D eigenvalue weighted by atomic mass is 9.94. The number of carbonyl (C=O) groups excluding carboxylic acids is 2. The van der Waals surface area contributed by atoms with Gasteiger partial charge in [0, 0.05) is 24.5 Å². The van der Waals surface area contributed by atoms with E-state index >= 15 is 0 Å². The highest BCUT2D eigenvalue weighted by Gasteiger charge is 2.42. The monoisotopic (exact) mass is 361 g/mol. The van der Waals surface area contributed by atoms with Crippen LogP contribution in [0.15, 0.2) is 15.5 Å². The van der Waals surface area contributed by atoms with Gasteiger partial charge in [0.15, 0.2) is 0 Å². The Kier molecular flexibility index (Phi) is 4.24. The number of amides is 2. The van der Waals surface area contributed by atoms with E-state index in [0.717, 1.165) is 18.5 Å². The summed E-state index contributed by atoms with van der Waals surface area (Å²) in [4.78, 5) is 33.5. The molecule has 3 aliphatic heterocycles. The van der Waals surface area contributed by atoms with Crippen molar-refractivity contribution in [1.29, 1.82) is 0 Å². The molecule has 5 heterocycles. The first-order valence-electron chi connectivity index (χ1n) is 8.35. The van der Waals surface area contributed by atoms with Gasteiger partial charge in [0.2, 0.25) is 11.8 Å². The molecule has 0 spiro atoms. The Hall–Kier alpha value is -2.29. The second-order valence-electron chi connectivity index (χ2n) is 6.65. The average Bonchev–Trinajstić information content (AvgIpc) is 3.16. The number of rotatable bonds is 4. The minimum atomic E-state index is -0.127. The molecule has 8 nitrogen and oxygen atoms in total. The predicted molar refractivity (Wildman–Crippen MR) is 88.5 cm³/mol. The van der Waals surface area contributed by atoms with Gasteiger partial charge in [-0.2, -0.15) is 0 Å². The van der Waals surface area contributed by atoms with Crippen LogP contribution in [0.4, 0.5) is 0 Å². The highest BCUT2D eigenvalue weighted by atomic mass is 32.1. The third-order valence-corrected chi connectivity index (χ3v) is 5.66. The van der Waals surface area contributed by atoms with Crippen LogP contribution >= 0.6 is 11.3 Å². The van der Waals surface area contributed by atoms with E-state index in [1.54, 1.807) is 17.3 Å². The predicted octanol–water partition coefficient (Wildman–Crippen LogP) is 1.03. The minimum absolute atomic E-state index is 0.0287. The summed E-state index contributed by atoms with van der Waals surface area (Å²) in [5, 5.41) is 9.47. The van der Waals surface area contributed by atoms with Crippen molar-refractivity contribution in [2.45, 2.75) is 38.8 Å². The fourth-order valence-corrected chi connectivity index (χ4v) is 4.16. The largest absolute Gasteiger partial charge is 0.339 e. The van der Waals surface area contributed by atoms with Gasteiger partial charge in [-0.1, -0.05) is 10.3 Å². The summed E-state index contributed by atoms with van der Waals surface area (Å²) in [7, 11) is 0. The molecule has 0 saturated carbocycles. The van der Waals surface area contributed by atoms with E-state index in [1.165, 1.54) is 11.3 Å². The summed E-state index contributed by atoms with van der Waals surface area (Å²) in [5.74, 6) is -0.0179. The Bertz CT molecular complexity index is 775. The number of piperidine rings is 1. The highest BCUT2D eigenvalue weighted by Crippen LogP contribution is 2.30. The van der Waals surface area contributed by atoms with Crippen LogP contribution in [-0.2, 0) is 22.6 Å². The number of nitrogens with zero attached hydrogens (tertiary/aromatic N) is 5. The van der Waals surface area contributed by atoms with E-state index < -0.39 is 0 Å². The first-order chi connectivity index (χ1) is 12.1. The lowest BCUT2D eigenvalue weighted by Gasteiger charge is -2.35.